The van der Waals surface area contributed by atoms with Crippen molar-refractivity contribution >= 4 is 5.65 Å². The van der Waals surface area contributed by atoms with E-state index in [0.717, 1.165) is 29.4 Å². The summed E-state index contributed by atoms with van der Waals surface area (Å²) in [5.74, 6) is 0.766. The van der Waals surface area contributed by atoms with Crippen LogP contribution in [0.25, 0.3) is 5.65 Å². The third-order valence-corrected chi connectivity index (χ3v) is 5.41. The van der Waals surface area contributed by atoms with Crippen LogP contribution in [-0.2, 0) is 13.1 Å². The molecule has 1 aliphatic carbocycles. The first-order chi connectivity index (χ1) is 12.6. The Hall–Kier alpha value is -2.46. The lowest BCUT2D eigenvalue weighted by atomic mass is 10.1. The van der Waals surface area contributed by atoms with Crippen molar-refractivity contribution in [1.82, 2.24) is 14.3 Å². The molecule has 1 unspecified atom stereocenters. The Bertz CT molecular complexity index is 960. The molecule has 1 aromatic carbocycles. The van der Waals surface area contributed by atoms with Crippen LogP contribution < -0.4 is 5.56 Å². The predicted octanol–water partition coefficient (Wildman–Crippen LogP) is 3.80. The van der Waals surface area contributed by atoms with Crippen LogP contribution in [-0.4, -0.2) is 20.3 Å². The van der Waals surface area contributed by atoms with E-state index in [4.69, 9.17) is 4.98 Å². The molecule has 1 atom stereocenters. The number of rotatable bonds is 6. The van der Waals surface area contributed by atoms with Gasteiger partial charge in [0.2, 0.25) is 0 Å². The average molecular weight is 347 g/mol. The second kappa shape index (κ2) is 7.04. The summed E-state index contributed by atoms with van der Waals surface area (Å²) in [6.45, 7) is 5.89. The molecule has 0 saturated heterocycles. The minimum atomic E-state index is -0.00700. The van der Waals surface area contributed by atoms with Crippen LogP contribution in [0.1, 0.15) is 36.6 Å². The van der Waals surface area contributed by atoms with Crippen LogP contribution in [0.15, 0.2) is 59.5 Å². The molecule has 3 aromatic rings. The maximum atomic E-state index is 12.5. The molecule has 0 radical (unpaired) electrons. The summed E-state index contributed by atoms with van der Waals surface area (Å²) in [4.78, 5) is 19.8. The molecule has 1 fully saturated rings. The van der Waals surface area contributed by atoms with Crippen LogP contribution in [0.4, 0.5) is 0 Å². The van der Waals surface area contributed by atoms with Gasteiger partial charge >= 0.3 is 0 Å². The Labute approximate surface area is 154 Å². The van der Waals surface area contributed by atoms with E-state index >= 15 is 0 Å². The summed E-state index contributed by atoms with van der Waals surface area (Å²) < 4.78 is 1.63. The van der Waals surface area contributed by atoms with E-state index in [1.165, 1.54) is 18.4 Å². The van der Waals surface area contributed by atoms with Gasteiger partial charge < -0.3 is 0 Å². The lowest BCUT2D eigenvalue weighted by Crippen LogP contribution is -2.34. The zero-order valence-corrected chi connectivity index (χ0v) is 15.4. The number of aryl methyl sites for hydroxylation is 1. The van der Waals surface area contributed by atoms with Crippen molar-refractivity contribution in [3.63, 3.8) is 0 Å². The first kappa shape index (κ1) is 17.0. The summed E-state index contributed by atoms with van der Waals surface area (Å²) >= 11 is 0. The van der Waals surface area contributed by atoms with Crippen LogP contribution in [0.2, 0.25) is 0 Å². The van der Waals surface area contributed by atoms with Gasteiger partial charge in [-0.3, -0.25) is 14.1 Å². The van der Waals surface area contributed by atoms with E-state index in [0.29, 0.717) is 12.6 Å². The van der Waals surface area contributed by atoms with Gasteiger partial charge in [0.1, 0.15) is 5.65 Å². The van der Waals surface area contributed by atoms with E-state index < -0.39 is 0 Å². The number of hydrogen-bond donors (Lipinski definition) is 0. The summed E-state index contributed by atoms with van der Waals surface area (Å²) in [6, 6.07) is 16.6. The molecule has 2 aromatic heterocycles. The van der Waals surface area contributed by atoms with Crippen LogP contribution >= 0.6 is 0 Å². The molecule has 0 spiro atoms. The second-order valence-electron chi connectivity index (χ2n) is 7.44. The van der Waals surface area contributed by atoms with Crippen LogP contribution in [0, 0.1) is 12.8 Å². The van der Waals surface area contributed by atoms with Gasteiger partial charge in [-0.25, -0.2) is 4.98 Å². The van der Waals surface area contributed by atoms with Crippen molar-refractivity contribution in [2.24, 2.45) is 5.92 Å². The zero-order valence-electron chi connectivity index (χ0n) is 15.4. The van der Waals surface area contributed by atoms with Crippen LogP contribution in [0.3, 0.4) is 0 Å². The van der Waals surface area contributed by atoms with Crippen molar-refractivity contribution in [2.45, 2.75) is 45.8 Å². The highest BCUT2D eigenvalue weighted by Crippen LogP contribution is 2.36. The normalized spacial score (nSPS) is 15.5. The van der Waals surface area contributed by atoms with Crippen LogP contribution in [0.5, 0.6) is 0 Å². The van der Waals surface area contributed by atoms with Crippen molar-refractivity contribution in [2.75, 3.05) is 0 Å². The fourth-order valence-corrected chi connectivity index (χ4v) is 3.64. The van der Waals surface area contributed by atoms with E-state index in [1.54, 1.807) is 16.7 Å². The Morgan fingerprint density at radius 1 is 1.15 bits per heavy atom. The first-order valence-electron chi connectivity index (χ1n) is 9.38. The highest BCUT2D eigenvalue weighted by atomic mass is 16.1. The number of hydrogen-bond acceptors (Lipinski definition) is 3. The lowest BCUT2D eigenvalue weighted by molar-refractivity contribution is 0.170. The number of benzene rings is 1. The molecular formula is C22H25N3O. The SMILES string of the molecule is Cc1cccn2c(=O)cc(CN(Cc3ccccc3)C(C)C3CC3)nc12. The molecule has 4 nitrogen and oxygen atoms in total. The van der Waals surface area contributed by atoms with E-state index in [9.17, 15) is 4.79 Å². The van der Waals surface area contributed by atoms with Gasteiger partial charge in [0.25, 0.3) is 5.56 Å². The standard InChI is InChI=1S/C22H25N3O/c1-16-7-6-12-25-21(26)13-20(23-22(16)25)15-24(17(2)19-10-11-19)14-18-8-4-3-5-9-18/h3-9,12-13,17,19H,10-11,14-15H2,1-2H3. The van der Waals surface area contributed by atoms with Crippen molar-refractivity contribution < 1.29 is 0 Å². The van der Waals surface area contributed by atoms with Gasteiger partial charge in [-0.05, 0) is 49.8 Å². The number of aromatic nitrogens is 2. The molecule has 0 aliphatic heterocycles. The average Bonchev–Trinajstić information content (AvgIpc) is 3.48. The van der Waals surface area contributed by atoms with Crippen molar-refractivity contribution in [3.05, 3.63) is 81.9 Å². The summed E-state index contributed by atoms with van der Waals surface area (Å²) in [6.07, 6.45) is 4.40. The Balaban J connectivity index is 1.65. The second-order valence-corrected chi connectivity index (χ2v) is 7.44. The predicted molar refractivity (Wildman–Crippen MR) is 104 cm³/mol. The maximum Gasteiger partial charge on any atom is 0.258 e. The highest BCUT2D eigenvalue weighted by molar-refractivity contribution is 5.46. The minimum absolute atomic E-state index is 0.00700. The van der Waals surface area contributed by atoms with E-state index in [1.807, 2.05) is 25.1 Å². The maximum absolute atomic E-state index is 12.5. The van der Waals surface area contributed by atoms with Gasteiger partial charge in [-0.1, -0.05) is 36.4 Å². The summed E-state index contributed by atoms with van der Waals surface area (Å²) in [5, 5.41) is 0. The Kier molecular flexibility index (Phi) is 4.60. The highest BCUT2D eigenvalue weighted by Gasteiger charge is 2.32. The summed E-state index contributed by atoms with van der Waals surface area (Å²) in [5.41, 5.74) is 3.93. The lowest BCUT2D eigenvalue weighted by Gasteiger charge is -2.29. The monoisotopic (exact) mass is 347 g/mol. The van der Waals surface area contributed by atoms with E-state index in [-0.39, 0.29) is 5.56 Å². The quantitative estimate of drug-likeness (QED) is 0.681. The number of pyridine rings is 1. The Morgan fingerprint density at radius 2 is 1.92 bits per heavy atom. The first-order valence-corrected chi connectivity index (χ1v) is 9.38. The fraction of sp³-hybridized carbons (Fsp3) is 0.364. The number of fused-ring (bicyclic) bond motifs is 1. The van der Waals surface area contributed by atoms with Crippen molar-refractivity contribution in [3.8, 4) is 0 Å². The molecule has 0 N–H and O–H groups in total. The van der Waals surface area contributed by atoms with Gasteiger partial charge in [-0.15, -0.1) is 0 Å². The molecule has 4 heteroatoms. The minimum Gasteiger partial charge on any atom is -0.290 e. The third kappa shape index (κ3) is 3.56. The molecule has 0 bridgehead atoms. The Morgan fingerprint density at radius 3 is 2.65 bits per heavy atom. The molecule has 26 heavy (non-hydrogen) atoms. The molecule has 1 saturated carbocycles. The van der Waals surface area contributed by atoms with Gasteiger partial charge in [-0.2, -0.15) is 0 Å². The molecule has 134 valence electrons. The third-order valence-electron chi connectivity index (χ3n) is 5.41. The molecule has 4 rings (SSSR count). The van der Waals surface area contributed by atoms with Crippen molar-refractivity contribution in [1.29, 1.82) is 0 Å². The number of nitrogens with zero attached hydrogens (tertiary/aromatic N) is 3. The summed E-state index contributed by atoms with van der Waals surface area (Å²) in [7, 11) is 0. The topological polar surface area (TPSA) is 37.6 Å². The molecule has 1 aliphatic rings. The van der Waals surface area contributed by atoms with Gasteiger partial charge in [0.05, 0.1) is 5.69 Å². The molecular weight excluding hydrogens is 322 g/mol. The largest absolute Gasteiger partial charge is 0.290 e. The van der Waals surface area contributed by atoms with Gasteiger partial charge in [0, 0.05) is 31.4 Å². The van der Waals surface area contributed by atoms with E-state index in [2.05, 4.69) is 36.1 Å². The fourth-order valence-electron chi connectivity index (χ4n) is 3.64. The zero-order chi connectivity index (χ0) is 18.1. The smallest absolute Gasteiger partial charge is 0.258 e. The van der Waals surface area contributed by atoms with Gasteiger partial charge in [0.15, 0.2) is 0 Å². The molecule has 0 amide bonds. The molecule has 2 heterocycles.